The van der Waals surface area contributed by atoms with E-state index in [1.54, 1.807) is 0 Å². The topological polar surface area (TPSA) is 23.8 Å². The van der Waals surface area contributed by atoms with E-state index in [2.05, 4.69) is 22.6 Å². The van der Waals surface area contributed by atoms with E-state index in [1.165, 1.54) is 3.57 Å². The molecule has 0 atom stereocenters. The van der Waals surface area contributed by atoms with Crippen LogP contribution < -0.4 is 5.73 Å². The standard InChI is InChI=1S/C7H7IN/c8-7-3-1-6(5-9)2-4-7/h1-4,9H,5H2. The van der Waals surface area contributed by atoms with Crippen molar-refractivity contribution in [2.45, 2.75) is 6.54 Å². The Balaban J connectivity index is 2.88. The lowest BCUT2D eigenvalue weighted by atomic mass is 10.2. The predicted octanol–water partition coefficient (Wildman–Crippen LogP) is 2.07. The summed E-state index contributed by atoms with van der Waals surface area (Å²) in [5.74, 6) is 0. The molecule has 0 spiro atoms. The minimum atomic E-state index is 0.386. The highest BCUT2D eigenvalue weighted by atomic mass is 127. The molecule has 0 saturated carbocycles. The van der Waals surface area contributed by atoms with Crippen LogP contribution in [0, 0.1) is 3.57 Å². The Labute approximate surface area is 68.4 Å². The van der Waals surface area contributed by atoms with Crippen LogP contribution >= 0.6 is 22.6 Å². The molecule has 2 heteroatoms. The highest BCUT2D eigenvalue weighted by molar-refractivity contribution is 14.1. The van der Waals surface area contributed by atoms with Crippen LogP contribution in [0.2, 0.25) is 0 Å². The first-order valence-corrected chi connectivity index (χ1v) is 3.80. The minimum absolute atomic E-state index is 0.386. The van der Waals surface area contributed by atoms with E-state index in [0.29, 0.717) is 6.54 Å². The van der Waals surface area contributed by atoms with Crippen LogP contribution in [0.25, 0.3) is 0 Å². The fraction of sp³-hybridized carbons (Fsp3) is 0.143. The van der Waals surface area contributed by atoms with Gasteiger partial charge in [-0.25, -0.2) is 0 Å². The van der Waals surface area contributed by atoms with Gasteiger partial charge in [-0.1, -0.05) is 12.1 Å². The molecule has 0 amide bonds. The Morgan fingerprint density at radius 1 is 1.22 bits per heavy atom. The van der Waals surface area contributed by atoms with Gasteiger partial charge in [0.15, 0.2) is 0 Å². The van der Waals surface area contributed by atoms with Gasteiger partial charge in [0.25, 0.3) is 0 Å². The number of rotatable bonds is 1. The van der Waals surface area contributed by atoms with Crippen molar-refractivity contribution in [2.75, 3.05) is 0 Å². The summed E-state index contributed by atoms with van der Waals surface area (Å²) >= 11 is 2.25. The summed E-state index contributed by atoms with van der Waals surface area (Å²) in [6.45, 7) is 0.386. The summed E-state index contributed by atoms with van der Waals surface area (Å²) in [7, 11) is 0. The molecule has 0 aliphatic carbocycles. The van der Waals surface area contributed by atoms with Gasteiger partial charge in [-0.15, -0.1) is 0 Å². The van der Waals surface area contributed by atoms with Gasteiger partial charge in [0, 0.05) is 10.1 Å². The lowest BCUT2D eigenvalue weighted by Crippen LogP contribution is -1.82. The summed E-state index contributed by atoms with van der Waals surface area (Å²) in [5.41, 5.74) is 8.09. The van der Waals surface area contributed by atoms with Crippen molar-refractivity contribution < 1.29 is 0 Å². The first-order chi connectivity index (χ1) is 4.33. The van der Waals surface area contributed by atoms with Crippen molar-refractivity contribution >= 4 is 22.6 Å². The molecule has 1 radical (unpaired) electrons. The van der Waals surface area contributed by atoms with Gasteiger partial charge in [0.2, 0.25) is 0 Å². The normalized spacial score (nSPS) is 9.56. The molecular weight excluding hydrogens is 225 g/mol. The van der Waals surface area contributed by atoms with Crippen LogP contribution in [0.1, 0.15) is 5.56 Å². The Hall–Kier alpha value is -0.0900. The highest BCUT2D eigenvalue weighted by Crippen LogP contribution is 2.05. The largest absolute Gasteiger partial charge is 0.253 e. The second-order valence-corrected chi connectivity index (χ2v) is 3.05. The van der Waals surface area contributed by atoms with Crippen LogP contribution in [0.15, 0.2) is 24.3 Å². The minimum Gasteiger partial charge on any atom is -0.253 e. The Morgan fingerprint density at radius 3 is 2.22 bits per heavy atom. The van der Waals surface area contributed by atoms with Crippen LogP contribution in [-0.4, -0.2) is 0 Å². The van der Waals surface area contributed by atoms with Gasteiger partial charge in [0.05, 0.1) is 0 Å². The summed E-state index contributed by atoms with van der Waals surface area (Å²) in [5, 5.41) is 0. The maximum atomic E-state index is 7.01. The zero-order valence-corrected chi connectivity index (χ0v) is 7.05. The van der Waals surface area contributed by atoms with Crippen molar-refractivity contribution in [3.05, 3.63) is 33.4 Å². The van der Waals surface area contributed by atoms with Gasteiger partial charge >= 0.3 is 0 Å². The molecule has 0 saturated heterocycles. The number of nitrogens with one attached hydrogen (secondary N) is 1. The molecule has 1 aromatic rings. The molecule has 0 unspecified atom stereocenters. The fourth-order valence-corrected chi connectivity index (χ4v) is 0.962. The van der Waals surface area contributed by atoms with Crippen LogP contribution in [0.4, 0.5) is 0 Å². The first kappa shape index (κ1) is 7.02. The molecular formula is C7H7IN. The van der Waals surface area contributed by atoms with E-state index < -0.39 is 0 Å². The van der Waals surface area contributed by atoms with Gasteiger partial charge in [-0.2, -0.15) is 0 Å². The van der Waals surface area contributed by atoms with Gasteiger partial charge in [0.1, 0.15) is 0 Å². The monoisotopic (exact) mass is 232 g/mol. The molecule has 0 aliphatic heterocycles. The summed E-state index contributed by atoms with van der Waals surface area (Å²) in [6, 6.07) is 8.00. The number of hydrogen-bond donors (Lipinski definition) is 0. The quantitative estimate of drug-likeness (QED) is 0.662. The molecule has 47 valence electrons. The second-order valence-electron chi connectivity index (χ2n) is 1.80. The van der Waals surface area contributed by atoms with Crippen LogP contribution in [-0.2, 0) is 6.54 Å². The van der Waals surface area contributed by atoms with E-state index in [9.17, 15) is 0 Å². The average molecular weight is 232 g/mol. The first-order valence-electron chi connectivity index (χ1n) is 2.72. The Morgan fingerprint density at radius 2 is 1.78 bits per heavy atom. The van der Waals surface area contributed by atoms with Gasteiger partial charge < -0.3 is 0 Å². The van der Waals surface area contributed by atoms with E-state index in [1.807, 2.05) is 24.3 Å². The second kappa shape index (κ2) is 3.17. The molecule has 0 aliphatic rings. The molecule has 0 heterocycles. The molecule has 0 aromatic heterocycles. The molecule has 0 bridgehead atoms. The third kappa shape index (κ3) is 1.95. The third-order valence-electron chi connectivity index (χ3n) is 1.12. The lowest BCUT2D eigenvalue weighted by molar-refractivity contribution is 1.03. The molecule has 9 heavy (non-hydrogen) atoms. The van der Waals surface area contributed by atoms with E-state index >= 15 is 0 Å². The smallest absolute Gasteiger partial charge is 0.0351 e. The van der Waals surface area contributed by atoms with E-state index in [4.69, 9.17) is 5.73 Å². The van der Waals surface area contributed by atoms with Crippen LogP contribution in [0.5, 0.6) is 0 Å². The zero-order valence-electron chi connectivity index (χ0n) is 4.89. The molecule has 0 fully saturated rings. The van der Waals surface area contributed by atoms with Crippen molar-refractivity contribution in [1.82, 2.24) is 5.73 Å². The number of benzene rings is 1. The van der Waals surface area contributed by atoms with Crippen molar-refractivity contribution in [3.63, 3.8) is 0 Å². The average Bonchev–Trinajstić information content (AvgIpc) is 1.90. The highest BCUT2D eigenvalue weighted by Gasteiger charge is 1.86. The van der Waals surface area contributed by atoms with Crippen molar-refractivity contribution in [3.8, 4) is 0 Å². The fourth-order valence-electron chi connectivity index (χ4n) is 0.602. The lowest BCUT2D eigenvalue weighted by Gasteiger charge is -1.92. The van der Waals surface area contributed by atoms with E-state index in [0.717, 1.165) is 5.56 Å². The maximum absolute atomic E-state index is 7.01. The number of halogens is 1. The van der Waals surface area contributed by atoms with Gasteiger partial charge in [-0.05, 0) is 40.3 Å². The van der Waals surface area contributed by atoms with Crippen molar-refractivity contribution in [1.29, 1.82) is 0 Å². The summed E-state index contributed by atoms with van der Waals surface area (Å²) in [4.78, 5) is 0. The predicted molar refractivity (Wildman–Crippen MR) is 46.0 cm³/mol. The Kier molecular flexibility index (Phi) is 2.48. The molecule has 1 nitrogen and oxygen atoms in total. The van der Waals surface area contributed by atoms with Crippen LogP contribution in [0.3, 0.4) is 0 Å². The molecule has 1 N–H and O–H groups in total. The third-order valence-corrected chi connectivity index (χ3v) is 1.84. The SMILES string of the molecule is [NH]Cc1ccc(I)cc1. The summed E-state index contributed by atoms with van der Waals surface area (Å²) in [6.07, 6.45) is 0. The zero-order chi connectivity index (χ0) is 6.69. The molecule has 1 aromatic carbocycles. The molecule has 1 rings (SSSR count). The van der Waals surface area contributed by atoms with E-state index in [-0.39, 0.29) is 0 Å². The van der Waals surface area contributed by atoms with Crippen molar-refractivity contribution in [2.24, 2.45) is 0 Å². The number of hydrogen-bond acceptors (Lipinski definition) is 0. The Bertz CT molecular complexity index is 181. The van der Waals surface area contributed by atoms with Gasteiger partial charge in [-0.3, -0.25) is 5.73 Å². The maximum Gasteiger partial charge on any atom is 0.0351 e. The summed E-state index contributed by atoms with van der Waals surface area (Å²) < 4.78 is 1.23.